The Morgan fingerprint density at radius 3 is 2.67 bits per heavy atom. The van der Waals surface area contributed by atoms with E-state index >= 15 is 0 Å². The van der Waals surface area contributed by atoms with Gasteiger partial charge in [0.1, 0.15) is 0 Å². The Bertz CT molecular complexity index is 548. The summed E-state index contributed by atoms with van der Waals surface area (Å²) in [6, 6.07) is 13.1. The minimum Gasteiger partial charge on any atom is -0.341 e. The lowest BCUT2D eigenvalue weighted by molar-refractivity contribution is 0.637. The number of hydrogen-bond donors (Lipinski definition) is 0. The maximum Gasteiger partial charge on any atom is 0.0488 e. The molecular weight excluding hydrogens is 218 g/mol. The first kappa shape index (κ1) is 11.3. The van der Waals surface area contributed by atoms with Crippen LogP contribution < -0.4 is 0 Å². The van der Waals surface area contributed by atoms with Crippen molar-refractivity contribution in [3.63, 3.8) is 0 Å². The maximum atomic E-state index is 3.90. The second-order valence-electron chi connectivity index (χ2n) is 4.97. The number of allylic oxidation sites excluding steroid dienone is 1. The standard InChI is InChI=1S/C17H19N/c1-2-12-18-16-11-7-6-10-15(16)13-17(18)14-8-4-3-5-9-14/h2-5,8-9,13H,1,6-7,10-12H2. The van der Waals surface area contributed by atoms with Gasteiger partial charge < -0.3 is 4.57 Å². The Hall–Kier alpha value is -1.76. The molecule has 0 spiro atoms. The van der Waals surface area contributed by atoms with E-state index in [0.717, 1.165) is 6.54 Å². The summed E-state index contributed by atoms with van der Waals surface area (Å²) in [5.74, 6) is 0. The zero-order valence-corrected chi connectivity index (χ0v) is 10.7. The third-order valence-electron chi connectivity index (χ3n) is 3.79. The lowest BCUT2D eigenvalue weighted by Crippen LogP contribution is -2.08. The van der Waals surface area contributed by atoms with Crippen molar-refractivity contribution in [3.05, 3.63) is 60.3 Å². The fourth-order valence-electron chi connectivity index (χ4n) is 2.95. The molecule has 0 fully saturated rings. The molecule has 0 bridgehead atoms. The zero-order valence-electron chi connectivity index (χ0n) is 10.7. The highest BCUT2D eigenvalue weighted by molar-refractivity contribution is 5.63. The molecule has 2 aromatic rings. The van der Waals surface area contributed by atoms with Crippen molar-refractivity contribution < 1.29 is 0 Å². The van der Waals surface area contributed by atoms with E-state index in [1.54, 1.807) is 5.56 Å². The molecular formula is C17H19N. The highest BCUT2D eigenvalue weighted by atomic mass is 15.0. The molecule has 92 valence electrons. The van der Waals surface area contributed by atoms with E-state index in [1.807, 2.05) is 6.08 Å². The molecule has 0 amide bonds. The molecule has 1 aliphatic rings. The minimum atomic E-state index is 0.916. The smallest absolute Gasteiger partial charge is 0.0488 e. The van der Waals surface area contributed by atoms with Gasteiger partial charge in [-0.1, -0.05) is 36.4 Å². The summed E-state index contributed by atoms with van der Waals surface area (Å²) in [6.07, 6.45) is 7.11. The first-order valence-electron chi connectivity index (χ1n) is 6.78. The first-order chi connectivity index (χ1) is 8.90. The highest BCUT2D eigenvalue weighted by Crippen LogP contribution is 2.30. The average molecular weight is 237 g/mol. The van der Waals surface area contributed by atoms with Crippen molar-refractivity contribution in [2.75, 3.05) is 0 Å². The molecule has 1 heterocycles. The van der Waals surface area contributed by atoms with E-state index in [1.165, 1.54) is 42.6 Å². The van der Waals surface area contributed by atoms with E-state index in [2.05, 4.69) is 47.5 Å². The molecule has 0 aliphatic heterocycles. The van der Waals surface area contributed by atoms with Gasteiger partial charge >= 0.3 is 0 Å². The Morgan fingerprint density at radius 1 is 1.11 bits per heavy atom. The van der Waals surface area contributed by atoms with Gasteiger partial charge in [-0.15, -0.1) is 6.58 Å². The molecule has 3 rings (SSSR count). The molecule has 0 radical (unpaired) electrons. The minimum absolute atomic E-state index is 0.916. The van der Waals surface area contributed by atoms with Crippen LogP contribution in [-0.2, 0) is 19.4 Å². The van der Waals surface area contributed by atoms with Gasteiger partial charge in [0.2, 0.25) is 0 Å². The topological polar surface area (TPSA) is 4.93 Å². The zero-order chi connectivity index (χ0) is 12.4. The van der Waals surface area contributed by atoms with Crippen molar-refractivity contribution in [1.82, 2.24) is 4.57 Å². The number of aryl methyl sites for hydroxylation is 1. The summed E-state index contributed by atoms with van der Waals surface area (Å²) in [7, 11) is 0. The normalized spacial score (nSPS) is 14.2. The van der Waals surface area contributed by atoms with Gasteiger partial charge in [-0.3, -0.25) is 0 Å². The van der Waals surface area contributed by atoms with E-state index < -0.39 is 0 Å². The summed E-state index contributed by atoms with van der Waals surface area (Å²) < 4.78 is 2.44. The largest absolute Gasteiger partial charge is 0.341 e. The second kappa shape index (κ2) is 4.85. The van der Waals surface area contributed by atoms with Gasteiger partial charge in [0.15, 0.2) is 0 Å². The highest BCUT2D eigenvalue weighted by Gasteiger charge is 2.17. The van der Waals surface area contributed by atoms with Crippen molar-refractivity contribution in [2.45, 2.75) is 32.2 Å². The summed E-state index contributed by atoms with van der Waals surface area (Å²) in [5.41, 5.74) is 5.73. The number of nitrogens with zero attached hydrogens (tertiary/aromatic N) is 1. The molecule has 1 aromatic heterocycles. The number of aromatic nitrogens is 1. The van der Waals surface area contributed by atoms with Crippen molar-refractivity contribution in [3.8, 4) is 11.3 Å². The van der Waals surface area contributed by atoms with Crippen molar-refractivity contribution in [2.24, 2.45) is 0 Å². The monoisotopic (exact) mass is 237 g/mol. The first-order valence-corrected chi connectivity index (χ1v) is 6.78. The van der Waals surface area contributed by atoms with Crippen LogP contribution in [0.3, 0.4) is 0 Å². The lowest BCUT2D eigenvalue weighted by Gasteiger charge is -2.16. The second-order valence-corrected chi connectivity index (χ2v) is 4.97. The van der Waals surface area contributed by atoms with Crippen LogP contribution in [0, 0.1) is 0 Å². The van der Waals surface area contributed by atoms with Crippen LogP contribution in [-0.4, -0.2) is 4.57 Å². The van der Waals surface area contributed by atoms with Gasteiger partial charge in [0.05, 0.1) is 0 Å². The Balaban J connectivity index is 2.13. The van der Waals surface area contributed by atoms with Crippen LogP contribution in [0.5, 0.6) is 0 Å². The average Bonchev–Trinajstić information content (AvgIpc) is 2.80. The van der Waals surface area contributed by atoms with E-state index in [4.69, 9.17) is 0 Å². The number of benzene rings is 1. The Kier molecular flexibility index (Phi) is 3.06. The molecule has 18 heavy (non-hydrogen) atoms. The van der Waals surface area contributed by atoms with Gasteiger partial charge in [0.25, 0.3) is 0 Å². The Morgan fingerprint density at radius 2 is 1.89 bits per heavy atom. The molecule has 0 unspecified atom stereocenters. The maximum absolute atomic E-state index is 3.90. The molecule has 1 aliphatic carbocycles. The number of hydrogen-bond acceptors (Lipinski definition) is 0. The summed E-state index contributed by atoms with van der Waals surface area (Å²) in [5, 5.41) is 0. The predicted octanol–water partition coefficient (Wildman–Crippen LogP) is 4.22. The van der Waals surface area contributed by atoms with Crippen molar-refractivity contribution >= 4 is 0 Å². The van der Waals surface area contributed by atoms with E-state index in [-0.39, 0.29) is 0 Å². The summed E-state index contributed by atoms with van der Waals surface area (Å²) >= 11 is 0. The van der Waals surface area contributed by atoms with Crippen molar-refractivity contribution in [1.29, 1.82) is 0 Å². The van der Waals surface area contributed by atoms with Crippen LogP contribution in [0.4, 0.5) is 0 Å². The van der Waals surface area contributed by atoms with Crippen LogP contribution in [0.2, 0.25) is 0 Å². The molecule has 1 aromatic carbocycles. The fourth-order valence-corrected chi connectivity index (χ4v) is 2.95. The SMILES string of the molecule is C=CCn1c(-c2ccccc2)cc2c1CCCC2. The van der Waals surface area contributed by atoms with Gasteiger partial charge in [-0.25, -0.2) is 0 Å². The Labute approximate surface area is 109 Å². The van der Waals surface area contributed by atoms with Gasteiger partial charge in [-0.2, -0.15) is 0 Å². The molecule has 1 heteroatoms. The predicted molar refractivity (Wildman–Crippen MR) is 76.7 cm³/mol. The number of rotatable bonds is 3. The van der Waals surface area contributed by atoms with E-state index in [9.17, 15) is 0 Å². The fraction of sp³-hybridized carbons (Fsp3) is 0.294. The summed E-state index contributed by atoms with van der Waals surface area (Å²) in [6.45, 7) is 4.81. The van der Waals surface area contributed by atoms with Gasteiger partial charge in [-0.05, 0) is 42.9 Å². The van der Waals surface area contributed by atoms with Crippen LogP contribution >= 0.6 is 0 Å². The van der Waals surface area contributed by atoms with Crippen LogP contribution in [0.1, 0.15) is 24.1 Å². The molecule has 1 nitrogen and oxygen atoms in total. The molecule has 0 atom stereocenters. The molecule has 0 N–H and O–H groups in total. The number of fused-ring (bicyclic) bond motifs is 1. The van der Waals surface area contributed by atoms with E-state index in [0.29, 0.717) is 0 Å². The molecule has 0 saturated heterocycles. The summed E-state index contributed by atoms with van der Waals surface area (Å²) in [4.78, 5) is 0. The van der Waals surface area contributed by atoms with Crippen LogP contribution in [0.15, 0.2) is 49.1 Å². The van der Waals surface area contributed by atoms with Crippen LogP contribution in [0.25, 0.3) is 11.3 Å². The van der Waals surface area contributed by atoms with Gasteiger partial charge in [0, 0.05) is 17.9 Å². The third kappa shape index (κ3) is 1.90. The molecule has 0 saturated carbocycles. The third-order valence-corrected chi connectivity index (χ3v) is 3.79. The quantitative estimate of drug-likeness (QED) is 0.704. The lowest BCUT2D eigenvalue weighted by atomic mass is 9.98.